The van der Waals surface area contributed by atoms with Crippen molar-refractivity contribution in [3.8, 4) is 0 Å². The van der Waals surface area contributed by atoms with Crippen LogP contribution in [0.25, 0.3) is 0 Å². The van der Waals surface area contributed by atoms with Crippen molar-refractivity contribution in [2.75, 3.05) is 0 Å². The zero-order valence-electron chi connectivity index (χ0n) is 22.5. The number of carbonyl (C=O) groups is 3. The molecule has 0 N–H and O–H groups in total. The van der Waals surface area contributed by atoms with Crippen LogP contribution in [0.5, 0.6) is 0 Å². The number of carbonyl (C=O) groups excluding carboxylic acids is 3. The van der Waals surface area contributed by atoms with Gasteiger partial charge in [-0.2, -0.15) is 0 Å². The summed E-state index contributed by atoms with van der Waals surface area (Å²) in [6, 6.07) is 0. The summed E-state index contributed by atoms with van der Waals surface area (Å²) in [5.74, 6) is -2.60. The predicted octanol–water partition coefficient (Wildman–Crippen LogP) is 6.38. The van der Waals surface area contributed by atoms with Crippen LogP contribution < -0.4 is 0 Å². The SMILES string of the molecule is CCC(C)(CC)OC(=O)C1CC(C(=O)OC(C)(CC)CC)CC(C(=O)OC(C)(CC)CC)C1. The standard InChI is InChI=1S/C27H48O6/c1-10-25(7,11-2)31-22(28)19-16-20(23(29)32-26(8,12-3)13-4)18-21(17-19)24(30)33-27(9,14-5)15-6/h19-21H,10-18H2,1-9H3. The average Bonchev–Trinajstić information content (AvgIpc) is 2.83. The smallest absolute Gasteiger partial charge is 0.309 e. The largest absolute Gasteiger partial charge is 0.459 e. The van der Waals surface area contributed by atoms with E-state index in [0.717, 1.165) is 0 Å². The first-order valence-corrected chi connectivity index (χ1v) is 13.0. The third-order valence-corrected chi connectivity index (χ3v) is 8.24. The third kappa shape index (κ3) is 7.99. The van der Waals surface area contributed by atoms with E-state index in [1.165, 1.54) is 0 Å². The molecule has 0 aromatic carbocycles. The topological polar surface area (TPSA) is 78.9 Å². The number of ether oxygens (including phenoxy) is 3. The number of rotatable bonds is 12. The molecule has 0 unspecified atom stereocenters. The maximum atomic E-state index is 13.1. The Morgan fingerprint density at radius 2 is 0.697 bits per heavy atom. The second kappa shape index (κ2) is 12.2. The van der Waals surface area contributed by atoms with Crippen molar-refractivity contribution in [2.45, 2.75) is 137 Å². The summed E-state index contributed by atoms with van der Waals surface area (Å²) in [4.78, 5) is 39.4. The highest BCUT2D eigenvalue weighted by atomic mass is 16.6. The predicted molar refractivity (Wildman–Crippen MR) is 130 cm³/mol. The molecule has 6 nitrogen and oxygen atoms in total. The van der Waals surface area contributed by atoms with Crippen LogP contribution in [0.4, 0.5) is 0 Å². The molecule has 1 aliphatic rings. The summed E-state index contributed by atoms with van der Waals surface area (Å²) in [7, 11) is 0. The van der Waals surface area contributed by atoms with Crippen LogP contribution in [-0.2, 0) is 28.6 Å². The van der Waals surface area contributed by atoms with Gasteiger partial charge in [0.1, 0.15) is 16.8 Å². The second-order valence-electron chi connectivity index (χ2n) is 10.5. The number of hydrogen-bond donors (Lipinski definition) is 0. The van der Waals surface area contributed by atoms with Gasteiger partial charge in [-0.05, 0) is 78.6 Å². The molecule has 1 rings (SSSR count). The van der Waals surface area contributed by atoms with Crippen LogP contribution in [0.3, 0.4) is 0 Å². The van der Waals surface area contributed by atoms with Gasteiger partial charge in [-0.25, -0.2) is 0 Å². The zero-order valence-corrected chi connectivity index (χ0v) is 22.5. The molecule has 192 valence electrons. The van der Waals surface area contributed by atoms with E-state index in [1.807, 2.05) is 62.3 Å². The van der Waals surface area contributed by atoms with E-state index in [9.17, 15) is 14.4 Å². The van der Waals surface area contributed by atoms with Crippen LogP contribution in [0.1, 0.15) is 120 Å². The molecule has 0 aromatic rings. The van der Waals surface area contributed by atoms with Gasteiger partial charge in [0.15, 0.2) is 0 Å². The van der Waals surface area contributed by atoms with E-state index in [0.29, 0.717) is 57.8 Å². The molecule has 0 heterocycles. The van der Waals surface area contributed by atoms with Crippen molar-refractivity contribution in [3.05, 3.63) is 0 Å². The number of esters is 3. The van der Waals surface area contributed by atoms with Gasteiger partial charge in [-0.15, -0.1) is 0 Å². The van der Waals surface area contributed by atoms with Gasteiger partial charge < -0.3 is 14.2 Å². The summed E-state index contributed by atoms with van der Waals surface area (Å²) in [6.07, 6.45) is 5.25. The molecule has 0 radical (unpaired) electrons. The lowest BCUT2D eigenvalue weighted by molar-refractivity contribution is -0.176. The molecular weight excluding hydrogens is 420 g/mol. The Morgan fingerprint density at radius 3 is 0.848 bits per heavy atom. The Balaban J connectivity index is 3.14. The normalized spacial score (nSPS) is 21.9. The fraction of sp³-hybridized carbons (Fsp3) is 0.889. The molecule has 1 saturated carbocycles. The Bertz CT molecular complexity index is 561. The molecule has 0 amide bonds. The summed E-state index contributed by atoms with van der Waals surface area (Å²) >= 11 is 0. The van der Waals surface area contributed by atoms with Crippen molar-refractivity contribution in [1.82, 2.24) is 0 Å². The van der Waals surface area contributed by atoms with Crippen molar-refractivity contribution in [1.29, 1.82) is 0 Å². The fourth-order valence-electron chi connectivity index (χ4n) is 4.06. The first kappa shape index (κ1) is 29.4. The summed E-state index contributed by atoms with van der Waals surface area (Å²) < 4.78 is 17.6. The van der Waals surface area contributed by atoms with Crippen molar-refractivity contribution >= 4 is 17.9 Å². The van der Waals surface area contributed by atoms with E-state index in [2.05, 4.69) is 0 Å². The van der Waals surface area contributed by atoms with Crippen LogP contribution >= 0.6 is 0 Å². The molecule has 0 aliphatic heterocycles. The van der Waals surface area contributed by atoms with Crippen LogP contribution in [-0.4, -0.2) is 34.7 Å². The summed E-state index contributed by atoms with van der Waals surface area (Å²) in [5, 5.41) is 0. The Kier molecular flexibility index (Phi) is 10.9. The summed E-state index contributed by atoms with van der Waals surface area (Å²) in [6.45, 7) is 17.7. The maximum absolute atomic E-state index is 13.1. The van der Waals surface area contributed by atoms with E-state index in [-0.39, 0.29) is 17.9 Å². The lowest BCUT2D eigenvalue weighted by Crippen LogP contribution is -2.43. The van der Waals surface area contributed by atoms with Crippen LogP contribution in [0, 0.1) is 17.8 Å². The second-order valence-corrected chi connectivity index (χ2v) is 10.5. The Morgan fingerprint density at radius 1 is 0.515 bits per heavy atom. The van der Waals surface area contributed by atoms with Gasteiger partial charge in [0.2, 0.25) is 0 Å². The molecule has 0 saturated heterocycles. The molecule has 6 heteroatoms. The Labute approximate surface area is 201 Å². The molecule has 0 spiro atoms. The molecule has 33 heavy (non-hydrogen) atoms. The van der Waals surface area contributed by atoms with Crippen LogP contribution in [0.15, 0.2) is 0 Å². The third-order valence-electron chi connectivity index (χ3n) is 8.24. The van der Waals surface area contributed by atoms with Crippen molar-refractivity contribution in [2.24, 2.45) is 17.8 Å². The highest BCUT2D eigenvalue weighted by Crippen LogP contribution is 2.39. The van der Waals surface area contributed by atoms with Gasteiger partial charge >= 0.3 is 17.9 Å². The highest BCUT2D eigenvalue weighted by Gasteiger charge is 2.44. The molecular formula is C27H48O6. The minimum absolute atomic E-state index is 0.334. The van der Waals surface area contributed by atoms with Gasteiger partial charge in [0, 0.05) is 0 Å². The monoisotopic (exact) mass is 468 g/mol. The van der Waals surface area contributed by atoms with Gasteiger partial charge in [0.25, 0.3) is 0 Å². The molecule has 0 aromatic heterocycles. The minimum atomic E-state index is -0.549. The summed E-state index contributed by atoms with van der Waals surface area (Å²) in [5.41, 5.74) is -1.65. The first-order valence-electron chi connectivity index (χ1n) is 13.0. The van der Waals surface area contributed by atoms with Gasteiger partial charge in [-0.3, -0.25) is 14.4 Å². The van der Waals surface area contributed by atoms with Gasteiger partial charge in [0.05, 0.1) is 17.8 Å². The van der Waals surface area contributed by atoms with Gasteiger partial charge in [-0.1, -0.05) is 41.5 Å². The number of hydrogen-bond acceptors (Lipinski definition) is 6. The molecule has 1 fully saturated rings. The quantitative estimate of drug-likeness (QED) is 0.244. The average molecular weight is 469 g/mol. The minimum Gasteiger partial charge on any atom is -0.459 e. The molecule has 1 aliphatic carbocycles. The Hall–Kier alpha value is -1.59. The van der Waals surface area contributed by atoms with Crippen molar-refractivity contribution < 1.29 is 28.6 Å². The lowest BCUT2D eigenvalue weighted by atomic mass is 9.74. The lowest BCUT2D eigenvalue weighted by Gasteiger charge is -2.37. The maximum Gasteiger partial charge on any atom is 0.309 e. The van der Waals surface area contributed by atoms with E-state index in [1.54, 1.807) is 0 Å². The van der Waals surface area contributed by atoms with E-state index in [4.69, 9.17) is 14.2 Å². The zero-order chi connectivity index (χ0) is 25.4. The highest BCUT2D eigenvalue weighted by molar-refractivity contribution is 5.80. The first-order chi connectivity index (χ1) is 15.3. The van der Waals surface area contributed by atoms with Crippen LogP contribution in [0.2, 0.25) is 0 Å². The molecule has 0 atom stereocenters. The van der Waals surface area contributed by atoms with Crippen molar-refractivity contribution in [3.63, 3.8) is 0 Å². The van der Waals surface area contributed by atoms with E-state index >= 15 is 0 Å². The van der Waals surface area contributed by atoms with E-state index < -0.39 is 34.6 Å². The fourth-order valence-corrected chi connectivity index (χ4v) is 4.06. The molecule has 0 bridgehead atoms.